The Morgan fingerprint density at radius 1 is 1.09 bits per heavy atom. The number of ether oxygens (including phenoxy) is 3. The van der Waals surface area contributed by atoms with Crippen LogP contribution < -0.4 is 14.2 Å². The van der Waals surface area contributed by atoms with E-state index in [1.807, 2.05) is 37.3 Å². The third kappa shape index (κ3) is 6.71. The SMILES string of the molecule is CCOc1cc(C2=NN(C(=O)c3ccc(OCCN(CC)CCO)cc3)CCC2)ccc1OC. The Morgan fingerprint density at radius 3 is 2.56 bits per heavy atom. The molecule has 0 bridgehead atoms. The van der Waals surface area contributed by atoms with Crippen LogP contribution in [0.25, 0.3) is 0 Å². The van der Waals surface area contributed by atoms with E-state index in [4.69, 9.17) is 19.3 Å². The van der Waals surface area contributed by atoms with Gasteiger partial charge in [-0.25, -0.2) is 5.01 Å². The smallest absolute Gasteiger partial charge is 0.273 e. The largest absolute Gasteiger partial charge is 0.493 e. The normalized spacial score (nSPS) is 13.6. The van der Waals surface area contributed by atoms with Gasteiger partial charge in [-0.2, -0.15) is 5.10 Å². The maximum absolute atomic E-state index is 13.1. The molecule has 0 aliphatic carbocycles. The molecule has 2 aromatic carbocycles. The van der Waals surface area contributed by atoms with Crippen LogP contribution in [0.2, 0.25) is 0 Å². The summed E-state index contributed by atoms with van der Waals surface area (Å²) in [5.41, 5.74) is 2.34. The van der Waals surface area contributed by atoms with Gasteiger partial charge in [0, 0.05) is 30.8 Å². The summed E-state index contributed by atoms with van der Waals surface area (Å²) in [6.45, 7) is 7.98. The highest BCUT2D eigenvalue weighted by Gasteiger charge is 2.21. The molecule has 0 radical (unpaired) electrons. The third-order valence-corrected chi connectivity index (χ3v) is 5.70. The summed E-state index contributed by atoms with van der Waals surface area (Å²) < 4.78 is 16.8. The Morgan fingerprint density at radius 2 is 1.88 bits per heavy atom. The van der Waals surface area contributed by atoms with Gasteiger partial charge in [0.25, 0.3) is 5.91 Å². The Balaban J connectivity index is 1.65. The number of hydrazone groups is 1. The van der Waals surface area contributed by atoms with Crippen molar-refractivity contribution in [3.63, 3.8) is 0 Å². The van der Waals surface area contributed by atoms with E-state index >= 15 is 0 Å². The van der Waals surface area contributed by atoms with E-state index in [2.05, 4.69) is 16.9 Å². The van der Waals surface area contributed by atoms with Crippen LogP contribution in [-0.2, 0) is 0 Å². The van der Waals surface area contributed by atoms with Crippen LogP contribution in [0, 0.1) is 0 Å². The number of carbonyl (C=O) groups excluding carboxylic acids is 1. The Labute approximate surface area is 201 Å². The second-order valence-electron chi connectivity index (χ2n) is 7.91. The zero-order valence-corrected chi connectivity index (χ0v) is 20.3. The van der Waals surface area contributed by atoms with Crippen molar-refractivity contribution < 1.29 is 24.1 Å². The summed E-state index contributed by atoms with van der Waals surface area (Å²) in [4.78, 5) is 15.2. The lowest BCUT2D eigenvalue weighted by Gasteiger charge is -2.24. The fraction of sp³-hybridized carbons (Fsp3) is 0.462. The molecule has 0 spiro atoms. The summed E-state index contributed by atoms with van der Waals surface area (Å²) in [5.74, 6) is 1.92. The van der Waals surface area contributed by atoms with Crippen LogP contribution in [0.3, 0.4) is 0 Å². The van der Waals surface area contributed by atoms with E-state index in [0.717, 1.165) is 37.2 Å². The fourth-order valence-electron chi connectivity index (χ4n) is 3.82. The van der Waals surface area contributed by atoms with Crippen molar-refractivity contribution in [2.24, 2.45) is 5.10 Å². The highest BCUT2D eigenvalue weighted by atomic mass is 16.5. The van der Waals surface area contributed by atoms with Crippen LogP contribution >= 0.6 is 0 Å². The van der Waals surface area contributed by atoms with Crippen LogP contribution in [0.5, 0.6) is 17.2 Å². The van der Waals surface area contributed by atoms with Gasteiger partial charge >= 0.3 is 0 Å². The molecule has 0 unspecified atom stereocenters. The van der Waals surface area contributed by atoms with Crippen LogP contribution in [0.15, 0.2) is 47.6 Å². The average Bonchev–Trinajstić information content (AvgIpc) is 2.88. The zero-order valence-electron chi connectivity index (χ0n) is 20.3. The molecular weight excluding hydrogens is 434 g/mol. The van der Waals surface area contributed by atoms with Gasteiger partial charge < -0.3 is 19.3 Å². The quantitative estimate of drug-likeness (QED) is 0.513. The number of likely N-dealkylation sites (N-methyl/N-ethyl adjacent to an activating group) is 1. The lowest BCUT2D eigenvalue weighted by Crippen LogP contribution is -2.32. The van der Waals surface area contributed by atoms with Gasteiger partial charge in [0.05, 0.1) is 26.0 Å². The first-order valence-corrected chi connectivity index (χ1v) is 11.9. The Bertz CT molecular complexity index is 961. The monoisotopic (exact) mass is 469 g/mol. The second-order valence-corrected chi connectivity index (χ2v) is 7.91. The minimum Gasteiger partial charge on any atom is -0.493 e. The van der Waals surface area contributed by atoms with Crippen molar-refractivity contribution in [3.05, 3.63) is 53.6 Å². The number of hydrogen-bond donors (Lipinski definition) is 1. The number of methoxy groups -OCH3 is 1. The summed E-state index contributed by atoms with van der Waals surface area (Å²) in [6, 6.07) is 12.9. The molecular formula is C26H35N3O5. The van der Waals surface area contributed by atoms with E-state index in [1.165, 1.54) is 5.01 Å². The van der Waals surface area contributed by atoms with Crippen molar-refractivity contribution >= 4 is 11.6 Å². The molecule has 184 valence electrons. The standard InChI is InChI=1S/C26H35N3O5/c1-4-28(15-17-30)16-18-34-22-11-8-20(9-12-22)26(31)29-14-6-7-23(27-29)21-10-13-24(32-3)25(19-21)33-5-2/h8-13,19,30H,4-7,14-18H2,1-3H3. The zero-order chi connectivity index (χ0) is 24.3. The number of hydrogen-bond acceptors (Lipinski definition) is 7. The lowest BCUT2D eigenvalue weighted by molar-refractivity contribution is 0.0751. The Kier molecular flexibility index (Phi) is 9.73. The van der Waals surface area contributed by atoms with Crippen molar-refractivity contribution in [3.8, 4) is 17.2 Å². The fourth-order valence-corrected chi connectivity index (χ4v) is 3.82. The first-order chi connectivity index (χ1) is 16.6. The summed E-state index contributed by atoms with van der Waals surface area (Å²) in [7, 11) is 1.61. The van der Waals surface area contributed by atoms with Crippen LogP contribution in [0.4, 0.5) is 0 Å². The highest BCUT2D eigenvalue weighted by Crippen LogP contribution is 2.29. The molecule has 1 amide bonds. The highest BCUT2D eigenvalue weighted by molar-refractivity contribution is 6.03. The first-order valence-electron chi connectivity index (χ1n) is 11.9. The maximum atomic E-state index is 13.1. The van der Waals surface area contributed by atoms with Gasteiger partial charge in [-0.05, 0) is 68.8 Å². The average molecular weight is 470 g/mol. The van der Waals surface area contributed by atoms with Gasteiger partial charge in [-0.3, -0.25) is 9.69 Å². The van der Waals surface area contributed by atoms with E-state index in [1.54, 1.807) is 19.2 Å². The molecule has 3 rings (SSSR count). The molecule has 0 fully saturated rings. The van der Waals surface area contributed by atoms with Gasteiger partial charge in [0.2, 0.25) is 0 Å². The molecule has 0 saturated heterocycles. The maximum Gasteiger partial charge on any atom is 0.273 e. The minimum absolute atomic E-state index is 0.136. The molecule has 0 atom stereocenters. The molecule has 1 N–H and O–H groups in total. The number of benzene rings is 2. The molecule has 0 aromatic heterocycles. The molecule has 1 aliphatic rings. The van der Waals surface area contributed by atoms with Crippen LogP contribution in [0.1, 0.15) is 42.6 Å². The van der Waals surface area contributed by atoms with Crippen molar-refractivity contribution in [1.29, 1.82) is 0 Å². The minimum atomic E-state index is -0.137. The summed E-state index contributed by atoms with van der Waals surface area (Å²) in [6.07, 6.45) is 1.63. The van der Waals surface area contributed by atoms with Gasteiger partial charge in [-0.15, -0.1) is 0 Å². The number of carbonyl (C=O) groups is 1. The lowest BCUT2D eigenvalue weighted by atomic mass is 10.0. The van der Waals surface area contributed by atoms with Gasteiger partial charge in [0.15, 0.2) is 11.5 Å². The van der Waals surface area contributed by atoms with E-state index in [0.29, 0.717) is 49.1 Å². The molecule has 8 nitrogen and oxygen atoms in total. The molecule has 1 aliphatic heterocycles. The van der Waals surface area contributed by atoms with E-state index in [-0.39, 0.29) is 12.5 Å². The first kappa shape index (κ1) is 25.5. The van der Waals surface area contributed by atoms with E-state index in [9.17, 15) is 4.79 Å². The topological polar surface area (TPSA) is 83.8 Å². The number of aliphatic hydroxyl groups excluding tert-OH is 1. The predicted molar refractivity (Wildman–Crippen MR) is 132 cm³/mol. The van der Waals surface area contributed by atoms with E-state index < -0.39 is 0 Å². The number of rotatable bonds is 12. The number of amides is 1. The van der Waals surface area contributed by atoms with Crippen molar-refractivity contribution in [2.45, 2.75) is 26.7 Å². The molecule has 1 heterocycles. The second kappa shape index (κ2) is 13.0. The molecule has 0 saturated carbocycles. The molecule has 2 aromatic rings. The van der Waals surface area contributed by atoms with Gasteiger partial charge in [-0.1, -0.05) is 6.92 Å². The number of aliphatic hydroxyl groups is 1. The predicted octanol–water partition coefficient (Wildman–Crippen LogP) is 3.43. The molecule has 8 heteroatoms. The van der Waals surface area contributed by atoms with Crippen LogP contribution in [-0.4, -0.2) is 79.7 Å². The summed E-state index contributed by atoms with van der Waals surface area (Å²) in [5, 5.41) is 15.3. The number of nitrogens with zero attached hydrogens (tertiary/aromatic N) is 3. The van der Waals surface area contributed by atoms with Gasteiger partial charge in [0.1, 0.15) is 12.4 Å². The Hall–Kier alpha value is -3.10. The van der Waals surface area contributed by atoms with Crippen molar-refractivity contribution in [2.75, 3.05) is 53.1 Å². The third-order valence-electron chi connectivity index (χ3n) is 5.70. The molecule has 34 heavy (non-hydrogen) atoms. The summed E-state index contributed by atoms with van der Waals surface area (Å²) >= 11 is 0. The van der Waals surface area contributed by atoms with Crippen molar-refractivity contribution in [1.82, 2.24) is 9.91 Å².